The second kappa shape index (κ2) is 7.56. The highest BCUT2D eigenvalue weighted by Crippen LogP contribution is 2.19. The SMILES string of the molecule is CCN(CC)C(=O)[C@H](C)N[C@H]1CCN(S(C)(=O)=O)C[C@@H]1C. The van der Waals surface area contributed by atoms with Gasteiger partial charge in [0.25, 0.3) is 0 Å². The molecule has 1 aliphatic heterocycles. The number of nitrogens with zero attached hydrogens (tertiary/aromatic N) is 2. The Kier molecular flexibility index (Phi) is 6.62. The Balaban J connectivity index is 2.59. The number of nitrogens with one attached hydrogen (secondary N) is 1. The van der Waals surface area contributed by atoms with Crippen LogP contribution in [0.25, 0.3) is 0 Å². The molecule has 0 aliphatic carbocycles. The molecule has 7 heteroatoms. The lowest BCUT2D eigenvalue weighted by molar-refractivity contribution is -0.133. The van der Waals surface area contributed by atoms with Gasteiger partial charge in [-0.2, -0.15) is 0 Å². The fourth-order valence-electron chi connectivity index (χ4n) is 2.86. The lowest BCUT2D eigenvalue weighted by Crippen LogP contribution is -2.55. The van der Waals surface area contributed by atoms with Crippen molar-refractivity contribution in [3.05, 3.63) is 0 Å². The lowest BCUT2D eigenvalue weighted by atomic mass is 9.94. The third-order valence-electron chi connectivity index (χ3n) is 4.25. The molecule has 21 heavy (non-hydrogen) atoms. The third-order valence-corrected chi connectivity index (χ3v) is 5.52. The standard InChI is InChI=1S/C14H29N3O3S/c1-6-16(7-2)14(18)12(4)15-13-8-9-17(10-11(13)3)21(5,19)20/h11-13,15H,6-10H2,1-5H3/t11-,12-,13-/m0/s1. The van der Waals surface area contributed by atoms with Crippen LogP contribution >= 0.6 is 0 Å². The molecule has 0 aromatic carbocycles. The highest BCUT2D eigenvalue weighted by atomic mass is 32.2. The fourth-order valence-corrected chi connectivity index (χ4v) is 3.80. The first-order valence-corrected chi connectivity index (χ1v) is 9.55. The molecule has 0 bridgehead atoms. The lowest BCUT2D eigenvalue weighted by Gasteiger charge is -2.37. The largest absolute Gasteiger partial charge is 0.342 e. The molecule has 0 saturated carbocycles. The van der Waals surface area contributed by atoms with E-state index < -0.39 is 10.0 Å². The maximum atomic E-state index is 12.3. The quantitative estimate of drug-likeness (QED) is 0.774. The van der Waals surface area contributed by atoms with E-state index in [0.717, 1.165) is 6.42 Å². The summed E-state index contributed by atoms with van der Waals surface area (Å²) in [4.78, 5) is 14.1. The van der Waals surface area contributed by atoms with Gasteiger partial charge in [-0.1, -0.05) is 6.92 Å². The molecule has 0 aromatic rings. The Bertz CT molecular complexity index is 448. The van der Waals surface area contributed by atoms with Crippen molar-refractivity contribution in [1.29, 1.82) is 0 Å². The number of piperidine rings is 1. The van der Waals surface area contributed by atoms with Gasteiger partial charge in [-0.3, -0.25) is 4.79 Å². The average molecular weight is 319 g/mol. The Labute approximate surface area is 128 Å². The van der Waals surface area contributed by atoms with Crippen molar-refractivity contribution in [2.24, 2.45) is 5.92 Å². The van der Waals surface area contributed by atoms with Gasteiger partial charge < -0.3 is 10.2 Å². The summed E-state index contributed by atoms with van der Waals surface area (Å²) >= 11 is 0. The number of amides is 1. The van der Waals surface area contributed by atoms with Gasteiger partial charge in [0.2, 0.25) is 15.9 Å². The first-order chi connectivity index (χ1) is 9.70. The second-order valence-corrected chi connectivity index (χ2v) is 7.87. The van der Waals surface area contributed by atoms with Crippen molar-refractivity contribution >= 4 is 15.9 Å². The van der Waals surface area contributed by atoms with Crippen LogP contribution in [-0.2, 0) is 14.8 Å². The molecule has 1 aliphatic rings. The highest BCUT2D eigenvalue weighted by Gasteiger charge is 2.32. The fraction of sp³-hybridized carbons (Fsp3) is 0.929. The van der Waals surface area contributed by atoms with E-state index in [-0.39, 0.29) is 23.9 Å². The Morgan fingerprint density at radius 1 is 1.38 bits per heavy atom. The highest BCUT2D eigenvalue weighted by molar-refractivity contribution is 7.88. The van der Waals surface area contributed by atoms with Crippen LogP contribution in [0.4, 0.5) is 0 Å². The van der Waals surface area contributed by atoms with Gasteiger partial charge in [-0.15, -0.1) is 0 Å². The van der Waals surface area contributed by atoms with Crippen molar-refractivity contribution in [1.82, 2.24) is 14.5 Å². The van der Waals surface area contributed by atoms with Crippen LogP contribution in [0, 0.1) is 5.92 Å². The summed E-state index contributed by atoms with van der Waals surface area (Å²) in [5, 5.41) is 3.38. The van der Waals surface area contributed by atoms with Crippen LogP contribution < -0.4 is 5.32 Å². The maximum Gasteiger partial charge on any atom is 0.239 e. The Morgan fingerprint density at radius 3 is 2.38 bits per heavy atom. The number of likely N-dealkylation sites (N-methyl/N-ethyl adjacent to an activating group) is 1. The molecule has 6 nitrogen and oxygen atoms in total. The zero-order valence-corrected chi connectivity index (χ0v) is 14.6. The van der Waals surface area contributed by atoms with Crippen LogP contribution in [0.1, 0.15) is 34.1 Å². The van der Waals surface area contributed by atoms with Crippen molar-refractivity contribution in [2.45, 2.75) is 46.2 Å². The summed E-state index contributed by atoms with van der Waals surface area (Å²) in [6, 6.07) is -0.0559. The van der Waals surface area contributed by atoms with E-state index in [9.17, 15) is 13.2 Å². The Hall–Kier alpha value is -0.660. The predicted molar refractivity (Wildman–Crippen MR) is 84.5 cm³/mol. The molecular weight excluding hydrogens is 290 g/mol. The molecule has 124 valence electrons. The van der Waals surface area contributed by atoms with Gasteiger partial charge in [0.15, 0.2) is 0 Å². The summed E-state index contributed by atoms with van der Waals surface area (Å²) < 4.78 is 24.7. The molecule has 1 rings (SSSR count). The number of hydrogen-bond acceptors (Lipinski definition) is 4. The van der Waals surface area contributed by atoms with E-state index in [1.54, 1.807) is 0 Å². The van der Waals surface area contributed by atoms with Crippen molar-refractivity contribution in [2.75, 3.05) is 32.4 Å². The zero-order valence-electron chi connectivity index (χ0n) is 13.8. The smallest absolute Gasteiger partial charge is 0.239 e. The van der Waals surface area contributed by atoms with Crippen LogP contribution in [0.3, 0.4) is 0 Å². The van der Waals surface area contributed by atoms with Gasteiger partial charge in [0.05, 0.1) is 12.3 Å². The van der Waals surface area contributed by atoms with E-state index in [0.29, 0.717) is 26.2 Å². The number of carbonyl (C=O) groups excluding carboxylic acids is 1. The first-order valence-electron chi connectivity index (χ1n) is 7.70. The summed E-state index contributed by atoms with van der Waals surface area (Å²) in [6.45, 7) is 10.3. The van der Waals surface area contributed by atoms with Gasteiger partial charge in [0, 0.05) is 32.2 Å². The molecule has 0 radical (unpaired) electrons. The van der Waals surface area contributed by atoms with Gasteiger partial charge in [-0.25, -0.2) is 12.7 Å². The van der Waals surface area contributed by atoms with Crippen molar-refractivity contribution in [3.8, 4) is 0 Å². The van der Waals surface area contributed by atoms with E-state index in [2.05, 4.69) is 5.32 Å². The van der Waals surface area contributed by atoms with Gasteiger partial charge >= 0.3 is 0 Å². The summed E-state index contributed by atoms with van der Waals surface area (Å²) in [6.07, 6.45) is 1.99. The molecule has 1 N–H and O–H groups in total. The van der Waals surface area contributed by atoms with Crippen LogP contribution in [-0.4, -0.2) is 68.0 Å². The minimum atomic E-state index is -3.12. The van der Waals surface area contributed by atoms with Crippen molar-refractivity contribution < 1.29 is 13.2 Å². The minimum Gasteiger partial charge on any atom is -0.342 e. The van der Waals surface area contributed by atoms with Crippen molar-refractivity contribution in [3.63, 3.8) is 0 Å². The van der Waals surface area contributed by atoms with E-state index in [4.69, 9.17) is 0 Å². The van der Waals surface area contributed by atoms with E-state index in [1.807, 2.05) is 32.6 Å². The third kappa shape index (κ3) is 4.93. The molecule has 1 fully saturated rings. The second-order valence-electron chi connectivity index (χ2n) is 5.89. The van der Waals surface area contributed by atoms with Crippen LogP contribution in [0.5, 0.6) is 0 Å². The number of sulfonamides is 1. The Morgan fingerprint density at radius 2 is 1.95 bits per heavy atom. The molecule has 3 atom stereocenters. The van der Waals surface area contributed by atoms with Crippen LogP contribution in [0.15, 0.2) is 0 Å². The summed E-state index contributed by atoms with van der Waals surface area (Å²) in [5.74, 6) is 0.304. The summed E-state index contributed by atoms with van der Waals surface area (Å²) in [7, 11) is -3.12. The van der Waals surface area contributed by atoms with E-state index in [1.165, 1.54) is 10.6 Å². The summed E-state index contributed by atoms with van der Waals surface area (Å²) in [5.41, 5.74) is 0. The minimum absolute atomic E-state index is 0.109. The molecule has 1 amide bonds. The number of hydrogen-bond donors (Lipinski definition) is 1. The monoisotopic (exact) mass is 319 g/mol. The van der Waals surface area contributed by atoms with Gasteiger partial charge in [-0.05, 0) is 33.1 Å². The maximum absolute atomic E-state index is 12.3. The van der Waals surface area contributed by atoms with Crippen LogP contribution in [0.2, 0.25) is 0 Å². The topological polar surface area (TPSA) is 69.7 Å². The zero-order chi connectivity index (χ0) is 16.2. The molecule has 1 heterocycles. The molecule has 0 unspecified atom stereocenters. The number of rotatable bonds is 6. The van der Waals surface area contributed by atoms with E-state index >= 15 is 0 Å². The normalized spacial score (nSPS) is 25.6. The molecule has 1 saturated heterocycles. The molecule has 0 spiro atoms. The molecular formula is C14H29N3O3S. The molecule has 0 aromatic heterocycles. The van der Waals surface area contributed by atoms with Gasteiger partial charge in [0.1, 0.15) is 0 Å². The first kappa shape index (κ1) is 18.4. The predicted octanol–water partition coefficient (Wildman–Crippen LogP) is 0.503. The average Bonchev–Trinajstić information content (AvgIpc) is 2.41. The number of carbonyl (C=O) groups is 1.